The van der Waals surface area contributed by atoms with Gasteiger partial charge in [-0.05, 0) is 39.5 Å². The van der Waals surface area contributed by atoms with Gasteiger partial charge < -0.3 is 14.2 Å². The van der Waals surface area contributed by atoms with Gasteiger partial charge in [-0.2, -0.15) is 4.98 Å². The fourth-order valence-corrected chi connectivity index (χ4v) is 2.52. The van der Waals surface area contributed by atoms with Gasteiger partial charge in [-0.25, -0.2) is 4.79 Å². The summed E-state index contributed by atoms with van der Waals surface area (Å²) in [5.41, 5.74) is -0.452. The second-order valence-corrected chi connectivity index (χ2v) is 7.39. The zero-order chi connectivity index (χ0) is 16.3. The summed E-state index contributed by atoms with van der Waals surface area (Å²) in [7, 11) is 0. The second kappa shape index (κ2) is 6.67. The molecule has 1 aliphatic heterocycles. The van der Waals surface area contributed by atoms with Crippen LogP contribution in [0.1, 0.15) is 65.1 Å². The van der Waals surface area contributed by atoms with Gasteiger partial charge in [0.15, 0.2) is 5.82 Å². The molecule has 22 heavy (non-hydrogen) atoms. The van der Waals surface area contributed by atoms with Crippen LogP contribution in [-0.2, 0) is 11.2 Å². The van der Waals surface area contributed by atoms with Crippen molar-refractivity contribution in [3.63, 3.8) is 0 Å². The molecule has 0 spiro atoms. The Kier molecular flexibility index (Phi) is 5.08. The highest BCUT2D eigenvalue weighted by Gasteiger charge is 2.29. The molecule has 0 bridgehead atoms. The first-order valence-corrected chi connectivity index (χ1v) is 8.05. The fraction of sp³-hybridized carbons (Fsp3) is 0.812. The molecule has 0 unspecified atom stereocenters. The van der Waals surface area contributed by atoms with E-state index >= 15 is 0 Å². The molecule has 1 amide bonds. The van der Waals surface area contributed by atoms with Crippen molar-refractivity contribution in [3.8, 4) is 0 Å². The second-order valence-electron chi connectivity index (χ2n) is 7.39. The molecule has 1 aliphatic rings. The number of hydrogen-bond donors (Lipinski definition) is 0. The number of piperidine rings is 1. The highest BCUT2D eigenvalue weighted by Crippen LogP contribution is 2.27. The number of likely N-dealkylation sites (tertiary alicyclic amines) is 1. The van der Waals surface area contributed by atoms with Crippen LogP contribution < -0.4 is 0 Å². The van der Waals surface area contributed by atoms with Crippen LogP contribution >= 0.6 is 0 Å². The Hall–Kier alpha value is -1.59. The van der Waals surface area contributed by atoms with Crippen LogP contribution in [0.15, 0.2) is 4.52 Å². The Balaban J connectivity index is 1.86. The van der Waals surface area contributed by atoms with Gasteiger partial charge in [0.05, 0.1) is 0 Å². The average Bonchev–Trinajstić information content (AvgIpc) is 2.84. The molecule has 6 heteroatoms. The molecule has 0 saturated carbocycles. The van der Waals surface area contributed by atoms with E-state index in [1.165, 1.54) is 0 Å². The third-order valence-electron chi connectivity index (χ3n) is 3.57. The third kappa shape index (κ3) is 4.71. The Morgan fingerprint density at radius 2 is 2.00 bits per heavy atom. The lowest BCUT2D eigenvalue weighted by molar-refractivity contribution is 0.0198. The van der Waals surface area contributed by atoms with Gasteiger partial charge in [0, 0.05) is 25.4 Å². The molecule has 1 fully saturated rings. The largest absolute Gasteiger partial charge is 0.444 e. The van der Waals surface area contributed by atoms with Crippen molar-refractivity contribution in [3.05, 3.63) is 11.7 Å². The van der Waals surface area contributed by atoms with E-state index in [-0.39, 0.29) is 12.0 Å². The van der Waals surface area contributed by atoms with E-state index in [2.05, 4.69) is 24.0 Å². The third-order valence-corrected chi connectivity index (χ3v) is 3.57. The molecule has 2 heterocycles. The first-order valence-electron chi connectivity index (χ1n) is 8.05. The number of rotatable bonds is 3. The lowest BCUT2D eigenvalue weighted by atomic mass is 9.97. The van der Waals surface area contributed by atoms with Crippen molar-refractivity contribution in [2.75, 3.05) is 13.1 Å². The van der Waals surface area contributed by atoms with Crippen molar-refractivity contribution in [1.82, 2.24) is 15.0 Å². The zero-order valence-corrected chi connectivity index (χ0v) is 14.3. The summed E-state index contributed by atoms with van der Waals surface area (Å²) in [4.78, 5) is 18.3. The van der Waals surface area contributed by atoms with Gasteiger partial charge >= 0.3 is 6.09 Å². The summed E-state index contributed by atoms with van der Waals surface area (Å²) in [6.45, 7) is 11.2. The highest BCUT2D eigenvalue weighted by molar-refractivity contribution is 5.68. The molecular formula is C16H27N3O3. The lowest BCUT2D eigenvalue weighted by Crippen LogP contribution is -2.41. The lowest BCUT2D eigenvalue weighted by Gasteiger charge is -2.32. The summed E-state index contributed by atoms with van der Waals surface area (Å²) in [6.07, 6.45) is 2.27. The average molecular weight is 309 g/mol. The molecule has 0 N–H and O–H groups in total. The maximum absolute atomic E-state index is 12.0. The number of carbonyl (C=O) groups excluding carboxylic acids is 1. The first kappa shape index (κ1) is 16.8. The zero-order valence-electron chi connectivity index (χ0n) is 14.3. The number of aromatic nitrogens is 2. The molecule has 124 valence electrons. The Morgan fingerprint density at radius 1 is 1.36 bits per heavy atom. The van der Waals surface area contributed by atoms with Crippen LogP contribution in [0.25, 0.3) is 0 Å². The van der Waals surface area contributed by atoms with E-state index < -0.39 is 5.60 Å². The number of hydrogen-bond acceptors (Lipinski definition) is 5. The van der Waals surface area contributed by atoms with E-state index in [1.807, 2.05) is 20.8 Å². The minimum absolute atomic E-state index is 0.239. The monoisotopic (exact) mass is 309 g/mol. The molecule has 0 atom stereocenters. The molecular weight excluding hydrogens is 282 g/mol. The van der Waals surface area contributed by atoms with Gasteiger partial charge in [-0.1, -0.05) is 19.0 Å². The van der Waals surface area contributed by atoms with Crippen molar-refractivity contribution in [2.45, 2.75) is 65.4 Å². The van der Waals surface area contributed by atoms with Crippen molar-refractivity contribution in [1.29, 1.82) is 0 Å². The smallest absolute Gasteiger partial charge is 0.410 e. The van der Waals surface area contributed by atoms with Crippen LogP contribution in [0, 0.1) is 5.92 Å². The van der Waals surface area contributed by atoms with Gasteiger partial charge in [0.1, 0.15) is 5.60 Å². The summed E-state index contributed by atoms with van der Waals surface area (Å²) in [5, 5.41) is 4.04. The standard InChI is InChI=1S/C16H27N3O3/c1-11(2)10-13-17-14(22-18-13)12-6-8-19(9-7-12)15(20)21-16(3,4)5/h11-12H,6-10H2,1-5H3. The Morgan fingerprint density at radius 3 is 2.55 bits per heavy atom. The van der Waals surface area contributed by atoms with Gasteiger partial charge in [0.2, 0.25) is 5.89 Å². The van der Waals surface area contributed by atoms with Gasteiger partial charge in [0.25, 0.3) is 0 Å². The molecule has 6 nitrogen and oxygen atoms in total. The Bertz CT molecular complexity index is 497. The maximum atomic E-state index is 12.0. The van der Waals surface area contributed by atoms with Crippen LogP contribution in [0.3, 0.4) is 0 Å². The quantitative estimate of drug-likeness (QED) is 0.856. The summed E-state index contributed by atoms with van der Waals surface area (Å²) in [5.74, 6) is 2.24. The number of carbonyl (C=O) groups is 1. The van der Waals surface area contributed by atoms with E-state index in [4.69, 9.17) is 9.26 Å². The van der Waals surface area contributed by atoms with Crippen molar-refractivity contribution in [2.24, 2.45) is 5.92 Å². The van der Waals surface area contributed by atoms with Crippen LogP contribution in [0.4, 0.5) is 4.79 Å². The number of nitrogens with zero attached hydrogens (tertiary/aromatic N) is 3. The van der Waals surface area contributed by atoms with Crippen molar-refractivity contribution < 1.29 is 14.1 Å². The van der Waals surface area contributed by atoms with E-state index in [0.717, 1.165) is 25.1 Å². The Labute approximate surface area is 132 Å². The molecule has 0 aromatic carbocycles. The van der Waals surface area contributed by atoms with Crippen LogP contribution in [0.2, 0.25) is 0 Å². The molecule has 1 aromatic rings. The summed E-state index contributed by atoms with van der Waals surface area (Å²) >= 11 is 0. The summed E-state index contributed by atoms with van der Waals surface area (Å²) < 4.78 is 10.8. The topological polar surface area (TPSA) is 68.5 Å². The van der Waals surface area contributed by atoms with Crippen molar-refractivity contribution >= 4 is 6.09 Å². The van der Waals surface area contributed by atoms with Gasteiger partial charge in [-0.15, -0.1) is 0 Å². The van der Waals surface area contributed by atoms with Crippen LogP contribution in [-0.4, -0.2) is 39.8 Å². The SMILES string of the molecule is CC(C)Cc1noc(C2CCN(C(=O)OC(C)(C)C)CC2)n1. The van der Waals surface area contributed by atoms with Gasteiger partial charge in [-0.3, -0.25) is 0 Å². The molecule has 1 aromatic heterocycles. The molecule has 1 saturated heterocycles. The van der Waals surface area contributed by atoms with E-state index in [9.17, 15) is 4.79 Å². The molecule has 2 rings (SSSR count). The fourth-order valence-electron chi connectivity index (χ4n) is 2.52. The molecule has 0 radical (unpaired) electrons. The maximum Gasteiger partial charge on any atom is 0.410 e. The normalized spacial score (nSPS) is 17.1. The first-order chi connectivity index (χ1) is 10.2. The summed E-state index contributed by atoms with van der Waals surface area (Å²) in [6, 6.07) is 0. The van der Waals surface area contributed by atoms with E-state index in [1.54, 1.807) is 4.90 Å². The highest BCUT2D eigenvalue weighted by atomic mass is 16.6. The van der Waals surface area contributed by atoms with Crippen LogP contribution in [0.5, 0.6) is 0 Å². The predicted octanol–water partition coefficient (Wildman–Crippen LogP) is 3.38. The number of ether oxygens (including phenoxy) is 1. The minimum Gasteiger partial charge on any atom is -0.444 e. The minimum atomic E-state index is -0.452. The molecule has 0 aliphatic carbocycles. The van der Waals surface area contributed by atoms with E-state index in [0.29, 0.717) is 24.9 Å². The predicted molar refractivity (Wildman–Crippen MR) is 82.6 cm³/mol. The number of amides is 1.